The predicted molar refractivity (Wildman–Crippen MR) is 232 cm³/mol. The van der Waals surface area contributed by atoms with Crippen LogP contribution in [0, 0.1) is 0 Å². The number of benzene rings is 10. The van der Waals surface area contributed by atoms with Gasteiger partial charge in [-0.2, -0.15) is 0 Å². The Hall–Kier alpha value is -7.02. The molecule has 0 aliphatic heterocycles. The van der Waals surface area contributed by atoms with Gasteiger partial charge in [0.05, 0.1) is 5.41 Å². The van der Waals surface area contributed by atoms with Crippen LogP contribution in [-0.4, -0.2) is 0 Å². The Morgan fingerprint density at radius 2 is 0.618 bits per heavy atom. The van der Waals surface area contributed by atoms with Crippen molar-refractivity contribution < 1.29 is 0 Å². The molecule has 10 aromatic carbocycles. The average Bonchev–Trinajstić information content (AvgIpc) is 3.73. The van der Waals surface area contributed by atoms with Crippen LogP contribution in [0.3, 0.4) is 0 Å². The number of hydrogen-bond acceptors (Lipinski definition) is 0. The molecule has 2 aliphatic carbocycles. The maximum absolute atomic E-state index is 2.42. The minimum atomic E-state index is -0.376. The summed E-state index contributed by atoms with van der Waals surface area (Å²) >= 11 is 0. The standard InChI is InChI=1S/C55H34/c1-3-13-37-29-39(23-21-35(37)11-1)43-32-44(40-24-22-36-12-2-4-14-38(36)30-40)34-45(33-43)41-25-27-46-42(31-41)26-28-50-49-17-7-10-20-53(49)55(54(46)50)51-18-8-5-15-47(51)48-16-6-9-19-52(48)55/h1-34H. The van der Waals surface area contributed by atoms with Crippen molar-refractivity contribution in [2.45, 2.75) is 5.41 Å². The maximum atomic E-state index is 2.42. The first-order valence-corrected chi connectivity index (χ1v) is 19.2. The van der Waals surface area contributed by atoms with E-state index < -0.39 is 0 Å². The molecule has 0 fully saturated rings. The van der Waals surface area contributed by atoms with Gasteiger partial charge in [-0.15, -0.1) is 0 Å². The normalized spacial score (nSPS) is 13.2. The highest BCUT2D eigenvalue weighted by Crippen LogP contribution is 2.64. The van der Waals surface area contributed by atoms with Crippen LogP contribution in [-0.2, 0) is 5.41 Å². The van der Waals surface area contributed by atoms with Crippen LogP contribution in [0.5, 0.6) is 0 Å². The van der Waals surface area contributed by atoms with Crippen molar-refractivity contribution in [1.29, 1.82) is 0 Å². The van der Waals surface area contributed by atoms with Crippen molar-refractivity contribution in [1.82, 2.24) is 0 Å². The van der Waals surface area contributed by atoms with E-state index in [1.807, 2.05) is 0 Å². The lowest BCUT2D eigenvalue weighted by Crippen LogP contribution is -2.26. The first-order chi connectivity index (χ1) is 27.2. The van der Waals surface area contributed by atoms with Crippen molar-refractivity contribution in [3.05, 3.63) is 229 Å². The molecule has 55 heavy (non-hydrogen) atoms. The van der Waals surface area contributed by atoms with E-state index in [0.717, 1.165) is 0 Å². The molecule has 0 unspecified atom stereocenters. The lowest BCUT2D eigenvalue weighted by Gasteiger charge is -2.31. The van der Waals surface area contributed by atoms with Crippen LogP contribution in [0.2, 0.25) is 0 Å². The van der Waals surface area contributed by atoms with Crippen molar-refractivity contribution in [2.75, 3.05) is 0 Å². The largest absolute Gasteiger partial charge is 0.0731 e. The molecule has 0 saturated carbocycles. The molecule has 0 amide bonds. The van der Waals surface area contributed by atoms with Gasteiger partial charge in [0.15, 0.2) is 0 Å². The van der Waals surface area contributed by atoms with E-state index in [1.165, 1.54) is 110 Å². The lowest BCUT2D eigenvalue weighted by molar-refractivity contribution is 0.801. The molecule has 0 aromatic heterocycles. The van der Waals surface area contributed by atoms with E-state index >= 15 is 0 Å². The quantitative estimate of drug-likeness (QED) is 0.173. The summed E-state index contributed by atoms with van der Waals surface area (Å²) in [5, 5.41) is 7.58. The molecule has 0 nitrogen and oxygen atoms in total. The van der Waals surface area contributed by atoms with E-state index in [4.69, 9.17) is 0 Å². The molecule has 10 aromatic rings. The Kier molecular flexibility index (Phi) is 6.36. The Morgan fingerprint density at radius 3 is 1.13 bits per heavy atom. The van der Waals surface area contributed by atoms with E-state index in [9.17, 15) is 0 Å². The highest BCUT2D eigenvalue weighted by atomic mass is 14.5. The van der Waals surface area contributed by atoms with E-state index in [-0.39, 0.29) is 5.41 Å². The summed E-state index contributed by atoms with van der Waals surface area (Å²) in [6.45, 7) is 0. The molecule has 12 rings (SSSR count). The minimum absolute atomic E-state index is 0.376. The predicted octanol–water partition coefficient (Wildman–Crippen LogP) is 14.5. The van der Waals surface area contributed by atoms with Crippen LogP contribution in [0.1, 0.15) is 22.3 Å². The van der Waals surface area contributed by atoms with Gasteiger partial charge in [-0.25, -0.2) is 0 Å². The van der Waals surface area contributed by atoms with Gasteiger partial charge < -0.3 is 0 Å². The van der Waals surface area contributed by atoms with E-state index in [2.05, 4.69) is 206 Å². The molecular weight excluding hydrogens is 661 g/mol. The van der Waals surface area contributed by atoms with Gasteiger partial charge in [0.1, 0.15) is 0 Å². The number of hydrogen-bond donors (Lipinski definition) is 0. The van der Waals surface area contributed by atoms with Crippen LogP contribution < -0.4 is 0 Å². The van der Waals surface area contributed by atoms with Gasteiger partial charge in [0.2, 0.25) is 0 Å². The zero-order valence-electron chi connectivity index (χ0n) is 30.1. The van der Waals surface area contributed by atoms with Crippen LogP contribution in [0.15, 0.2) is 206 Å². The molecule has 1 spiro atoms. The summed E-state index contributed by atoms with van der Waals surface area (Å²) in [6, 6.07) is 77.2. The monoisotopic (exact) mass is 694 g/mol. The third-order valence-corrected chi connectivity index (χ3v) is 12.4. The summed E-state index contributed by atoms with van der Waals surface area (Å²) < 4.78 is 0. The first-order valence-electron chi connectivity index (χ1n) is 19.2. The van der Waals surface area contributed by atoms with Gasteiger partial charge in [-0.05, 0) is 147 Å². The van der Waals surface area contributed by atoms with Crippen molar-refractivity contribution in [3.8, 4) is 55.6 Å². The molecule has 0 saturated heterocycles. The third-order valence-electron chi connectivity index (χ3n) is 12.4. The van der Waals surface area contributed by atoms with Crippen LogP contribution in [0.4, 0.5) is 0 Å². The highest BCUT2D eigenvalue weighted by Gasteiger charge is 2.52. The summed E-state index contributed by atoms with van der Waals surface area (Å²) in [6.07, 6.45) is 0. The smallest absolute Gasteiger partial charge is 0.0619 e. The second-order valence-corrected chi connectivity index (χ2v) is 15.2. The van der Waals surface area contributed by atoms with Gasteiger partial charge in [-0.1, -0.05) is 170 Å². The Morgan fingerprint density at radius 1 is 0.236 bits per heavy atom. The molecular formula is C55H34. The zero-order valence-corrected chi connectivity index (χ0v) is 30.1. The Bertz CT molecular complexity index is 3050. The highest BCUT2D eigenvalue weighted by molar-refractivity contribution is 6.05. The van der Waals surface area contributed by atoms with Crippen molar-refractivity contribution >= 4 is 32.3 Å². The summed E-state index contributed by atoms with van der Waals surface area (Å²) in [7, 11) is 0. The number of fused-ring (bicyclic) bond motifs is 14. The molecule has 254 valence electrons. The second kappa shape index (κ2) is 11.5. The second-order valence-electron chi connectivity index (χ2n) is 15.2. The fourth-order valence-corrected chi connectivity index (χ4v) is 9.98. The topological polar surface area (TPSA) is 0 Å². The fourth-order valence-electron chi connectivity index (χ4n) is 9.98. The fraction of sp³-hybridized carbons (Fsp3) is 0.0182. The molecule has 0 heteroatoms. The molecule has 0 bridgehead atoms. The lowest BCUT2D eigenvalue weighted by atomic mass is 9.69. The van der Waals surface area contributed by atoms with Crippen LogP contribution in [0.25, 0.3) is 88.0 Å². The minimum Gasteiger partial charge on any atom is -0.0619 e. The third kappa shape index (κ3) is 4.34. The van der Waals surface area contributed by atoms with E-state index in [0.29, 0.717) is 0 Å². The SMILES string of the molecule is c1ccc2c(c1)-c1ccccc1C21c2ccccc2-c2ccc3cc(-c4cc(-c5ccc6ccccc6c5)cc(-c5ccc6ccccc6c5)c4)ccc3c21. The number of rotatable bonds is 3. The molecule has 0 N–H and O–H groups in total. The van der Waals surface area contributed by atoms with E-state index in [1.54, 1.807) is 0 Å². The van der Waals surface area contributed by atoms with Gasteiger partial charge in [0, 0.05) is 0 Å². The zero-order chi connectivity index (χ0) is 36.1. The van der Waals surface area contributed by atoms with Crippen LogP contribution >= 0.6 is 0 Å². The molecule has 0 radical (unpaired) electrons. The Balaban J connectivity index is 1.08. The molecule has 0 atom stereocenters. The van der Waals surface area contributed by atoms with Crippen molar-refractivity contribution in [2.24, 2.45) is 0 Å². The van der Waals surface area contributed by atoms with Gasteiger partial charge in [0.25, 0.3) is 0 Å². The summed E-state index contributed by atoms with van der Waals surface area (Å²) in [5.74, 6) is 0. The molecule has 2 aliphatic rings. The van der Waals surface area contributed by atoms with Gasteiger partial charge >= 0.3 is 0 Å². The maximum Gasteiger partial charge on any atom is 0.0731 e. The van der Waals surface area contributed by atoms with Crippen molar-refractivity contribution in [3.63, 3.8) is 0 Å². The average molecular weight is 695 g/mol. The van der Waals surface area contributed by atoms with Gasteiger partial charge in [-0.3, -0.25) is 0 Å². The summed E-state index contributed by atoms with van der Waals surface area (Å²) in [4.78, 5) is 0. The molecule has 0 heterocycles. The summed E-state index contributed by atoms with van der Waals surface area (Å²) in [5.41, 5.74) is 17.8. The first kappa shape index (κ1) is 30.4. The Labute approximate surface area is 320 Å².